The van der Waals surface area contributed by atoms with Gasteiger partial charge in [-0.3, -0.25) is 4.90 Å². The van der Waals surface area contributed by atoms with E-state index in [-0.39, 0.29) is 25.1 Å². The molecule has 0 amide bonds. The Labute approximate surface area is 109 Å². The summed E-state index contributed by atoms with van der Waals surface area (Å²) in [5, 5.41) is 28.4. The van der Waals surface area contributed by atoms with Crippen molar-refractivity contribution in [2.75, 3.05) is 19.6 Å². The molecule has 0 radical (unpaired) electrons. The van der Waals surface area contributed by atoms with E-state index < -0.39 is 29.9 Å². The summed E-state index contributed by atoms with van der Waals surface area (Å²) in [5.74, 6) is -1.20. The Kier molecular flexibility index (Phi) is 4.46. The highest BCUT2D eigenvalue weighted by atomic mass is 19.1. The molecule has 0 spiro atoms. The smallest absolute Gasteiger partial charge is 0.129 e. The Morgan fingerprint density at radius 2 is 1.58 bits per heavy atom. The molecule has 1 aromatic carbocycles. The second kappa shape index (κ2) is 5.92. The van der Waals surface area contributed by atoms with Crippen LogP contribution < -0.4 is 0 Å². The van der Waals surface area contributed by atoms with Crippen molar-refractivity contribution in [3.63, 3.8) is 0 Å². The zero-order valence-corrected chi connectivity index (χ0v) is 10.3. The first-order chi connectivity index (χ1) is 8.99. The van der Waals surface area contributed by atoms with E-state index in [9.17, 15) is 24.1 Å². The minimum Gasteiger partial charge on any atom is -0.389 e. The third-order valence-electron chi connectivity index (χ3n) is 3.42. The average molecular weight is 273 g/mol. The van der Waals surface area contributed by atoms with Crippen LogP contribution in [0.5, 0.6) is 0 Å². The summed E-state index contributed by atoms with van der Waals surface area (Å²) in [5.41, 5.74) is -0.00222. The Morgan fingerprint density at radius 1 is 1.05 bits per heavy atom. The van der Waals surface area contributed by atoms with Gasteiger partial charge in [0.25, 0.3) is 0 Å². The van der Waals surface area contributed by atoms with Crippen molar-refractivity contribution in [3.05, 3.63) is 35.4 Å². The molecule has 0 aliphatic carbocycles. The number of hydrogen-bond donors (Lipinski definition) is 3. The van der Waals surface area contributed by atoms with Gasteiger partial charge in [0, 0.05) is 25.2 Å². The minimum absolute atomic E-state index is 0.00222. The normalized spacial score (nSPS) is 28.6. The molecule has 1 saturated heterocycles. The maximum atomic E-state index is 13.4. The Bertz CT molecular complexity index is 412. The van der Waals surface area contributed by atoms with E-state index in [1.165, 1.54) is 18.2 Å². The highest BCUT2D eigenvalue weighted by Crippen LogP contribution is 2.16. The SMILES string of the molecule is OC1CN(CCc2c(F)cccc2F)CC(O)C1O. The number of piperidine rings is 1. The highest BCUT2D eigenvalue weighted by Gasteiger charge is 2.33. The fourth-order valence-electron chi connectivity index (χ4n) is 2.30. The topological polar surface area (TPSA) is 63.9 Å². The molecule has 19 heavy (non-hydrogen) atoms. The van der Waals surface area contributed by atoms with E-state index in [1.807, 2.05) is 0 Å². The highest BCUT2D eigenvalue weighted by molar-refractivity contribution is 5.20. The van der Waals surface area contributed by atoms with Crippen LogP contribution in [0.1, 0.15) is 5.56 Å². The molecule has 1 aromatic rings. The van der Waals surface area contributed by atoms with E-state index in [2.05, 4.69) is 0 Å². The molecule has 0 bridgehead atoms. The lowest BCUT2D eigenvalue weighted by Crippen LogP contribution is -2.55. The van der Waals surface area contributed by atoms with Crippen molar-refractivity contribution in [1.29, 1.82) is 0 Å². The van der Waals surface area contributed by atoms with E-state index >= 15 is 0 Å². The van der Waals surface area contributed by atoms with Gasteiger partial charge in [0.2, 0.25) is 0 Å². The molecule has 3 N–H and O–H groups in total. The zero-order chi connectivity index (χ0) is 14.0. The Hall–Kier alpha value is -1.08. The fraction of sp³-hybridized carbons (Fsp3) is 0.538. The number of rotatable bonds is 3. The van der Waals surface area contributed by atoms with Gasteiger partial charge in [-0.05, 0) is 18.6 Å². The first kappa shape index (κ1) is 14.3. The van der Waals surface area contributed by atoms with Crippen LogP contribution >= 0.6 is 0 Å². The van der Waals surface area contributed by atoms with Crippen LogP contribution in [0.2, 0.25) is 0 Å². The molecule has 1 fully saturated rings. The summed E-state index contributed by atoms with van der Waals surface area (Å²) in [6, 6.07) is 3.70. The van der Waals surface area contributed by atoms with Crippen molar-refractivity contribution in [2.24, 2.45) is 0 Å². The van der Waals surface area contributed by atoms with Crippen LogP contribution in [0.15, 0.2) is 18.2 Å². The molecule has 1 aliphatic rings. The molecule has 0 saturated carbocycles. The van der Waals surface area contributed by atoms with Crippen molar-refractivity contribution in [2.45, 2.75) is 24.7 Å². The van der Waals surface area contributed by atoms with Gasteiger partial charge in [-0.25, -0.2) is 8.78 Å². The van der Waals surface area contributed by atoms with Gasteiger partial charge < -0.3 is 15.3 Å². The number of aliphatic hydroxyl groups excluding tert-OH is 3. The largest absolute Gasteiger partial charge is 0.389 e. The predicted molar refractivity (Wildman–Crippen MR) is 64.5 cm³/mol. The van der Waals surface area contributed by atoms with Gasteiger partial charge in [-0.2, -0.15) is 0 Å². The number of benzene rings is 1. The molecule has 2 rings (SSSR count). The number of β-amino-alcohol motifs (C(OH)–C–C–N with tert-alkyl or cyclic N) is 2. The van der Waals surface area contributed by atoms with E-state index in [0.29, 0.717) is 6.54 Å². The van der Waals surface area contributed by atoms with Crippen molar-refractivity contribution >= 4 is 0 Å². The molecule has 2 atom stereocenters. The summed E-state index contributed by atoms with van der Waals surface area (Å²) in [4.78, 5) is 1.67. The Morgan fingerprint density at radius 3 is 2.11 bits per heavy atom. The third kappa shape index (κ3) is 3.27. The van der Waals surface area contributed by atoms with Crippen LogP contribution in [0.25, 0.3) is 0 Å². The molecule has 2 unspecified atom stereocenters. The first-order valence-corrected chi connectivity index (χ1v) is 6.18. The predicted octanol–water partition coefficient (Wildman–Crippen LogP) is -0.0944. The maximum absolute atomic E-state index is 13.4. The second-order valence-electron chi connectivity index (χ2n) is 4.84. The molecule has 0 aromatic heterocycles. The number of hydrogen-bond acceptors (Lipinski definition) is 4. The van der Waals surface area contributed by atoms with Crippen LogP contribution in [0.3, 0.4) is 0 Å². The summed E-state index contributed by atoms with van der Waals surface area (Å²) in [6.45, 7) is 0.654. The van der Waals surface area contributed by atoms with Crippen LogP contribution in [-0.2, 0) is 6.42 Å². The number of likely N-dealkylation sites (tertiary alicyclic amines) is 1. The summed E-state index contributed by atoms with van der Waals surface area (Å²) < 4.78 is 26.8. The van der Waals surface area contributed by atoms with Crippen LogP contribution in [0.4, 0.5) is 8.78 Å². The van der Waals surface area contributed by atoms with E-state index in [1.54, 1.807) is 4.90 Å². The molecular formula is C13H17F2NO3. The second-order valence-corrected chi connectivity index (χ2v) is 4.84. The number of aliphatic hydroxyl groups is 3. The van der Waals surface area contributed by atoms with Crippen LogP contribution in [0, 0.1) is 11.6 Å². The van der Waals surface area contributed by atoms with Crippen LogP contribution in [-0.4, -0.2) is 58.2 Å². The molecule has 6 heteroatoms. The average Bonchev–Trinajstić information content (AvgIpc) is 2.35. The Balaban J connectivity index is 1.96. The van der Waals surface area contributed by atoms with Gasteiger partial charge in [0.1, 0.15) is 17.7 Å². The summed E-state index contributed by atoms with van der Waals surface area (Å²) in [6.07, 6.45) is -3.11. The van der Waals surface area contributed by atoms with Gasteiger partial charge in [-0.1, -0.05) is 6.07 Å². The van der Waals surface area contributed by atoms with E-state index in [4.69, 9.17) is 0 Å². The first-order valence-electron chi connectivity index (χ1n) is 6.18. The number of halogens is 2. The minimum atomic E-state index is -1.17. The quantitative estimate of drug-likeness (QED) is 0.720. The van der Waals surface area contributed by atoms with E-state index in [0.717, 1.165) is 0 Å². The van der Waals surface area contributed by atoms with Gasteiger partial charge in [0.05, 0.1) is 12.2 Å². The summed E-state index contributed by atoms with van der Waals surface area (Å²) in [7, 11) is 0. The van der Waals surface area contributed by atoms with Crippen molar-refractivity contribution in [3.8, 4) is 0 Å². The fourth-order valence-corrected chi connectivity index (χ4v) is 2.30. The van der Waals surface area contributed by atoms with Crippen molar-refractivity contribution in [1.82, 2.24) is 4.90 Å². The van der Waals surface area contributed by atoms with Crippen molar-refractivity contribution < 1.29 is 24.1 Å². The zero-order valence-electron chi connectivity index (χ0n) is 10.3. The van der Waals surface area contributed by atoms with Gasteiger partial charge >= 0.3 is 0 Å². The molecule has 1 aliphatic heterocycles. The van der Waals surface area contributed by atoms with Gasteiger partial charge in [0.15, 0.2) is 0 Å². The number of nitrogens with zero attached hydrogens (tertiary/aromatic N) is 1. The molecule has 106 valence electrons. The lowest BCUT2D eigenvalue weighted by atomic mass is 10.0. The molecule has 1 heterocycles. The maximum Gasteiger partial charge on any atom is 0.129 e. The van der Waals surface area contributed by atoms with Gasteiger partial charge in [-0.15, -0.1) is 0 Å². The molecular weight excluding hydrogens is 256 g/mol. The summed E-state index contributed by atoms with van der Waals surface area (Å²) >= 11 is 0. The standard InChI is InChI=1S/C13H17F2NO3/c14-9-2-1-3-10(15)8(9)4-5-16-6-11(17)13(19)12(18)7-16/h1-3,11-13,17-19H,4-7H2. The lowest BCUT2D eigenvalue weighted by molar-refractivity contribution is -0.109. The third-order valence-corrected chi connectivity index (χ3v) is 3.42. The lowest BCUT2D eigenvalue weighted by Gasteiger charge is -2.36. The monoisotopic (exact) mass is 273 g/mol. The molecule has 4 nitrogen and oxygen atoms in total.